The lowest BCUT2D eigenvalue weighted by Crippen LogP contribution is -2.27. The van der Waals surface area contributed by atoms with E-state index >= 15 is 0 Å². The van der Waals surface area contributed by atoms with Crippen molar-refractivity contribution in [3.63, 3.8) is 0 Å². The fraction of sp³-hybridized carbons (Fsp3) is 0.381. The molecule has 168 valence electrons. The molecule has 4 rings (SSSR count). The van der Waals surface area contributed by atoms with Crippen molar-refractivity contribution in [1.82, 2.24) is 24.7 Å². The number of hydrogen-bond donors (Lipinski definition) is 2. The van der Waals surface area contributed by atoms with Gasteiger partial charge in [-0.1, -0.05) is 0 Å². The summed E-state index contributed by atoms with van der Waals surface area (Å²) in [6, 6.07) is 6.75. The van der Waals surface area contributed by atoms with Gasteiger partial charge in [0, 0.05) is 50.7 Å². The Morgan fingerprint density at radius 1 is 1.12 bits per heavy atom. The lowest BCUT2D eigenvalue weighted by Gasteiger charge is -2.15. The molecule has 1 aliphatic rings. The molecule has 3 aromatic rings. The number of halogens is 2. The molecule has 3 heterocycles. The second kappa shape index (κ2) is 9.67. The summed E-state index contributed by atoms with van der Waals surface area (Å²) in [5, 5.41) is 18.4. The van der Waals surface area contributed by atoms with E-state index < -0.39 is 11.6 Å². The Kier molecular flexibility index (Phi) is 6.52. The molecular weight excluding hydrogens is 420 g/mol. The summed E-state index contributed by atoms with van der Waals surface area (Å²) in [5.41, 5.74) is 0.731. The molecule has 0 saturated carbocycles. The summed E-state index contributed by atoms with van der Waals surface area (Å²) in [6.45, 7) is 2.21. The number of benzene rings is 1. The molecular formula is C21H23F2N7O2. The van der Waals surface area contributed by atoms with Crippen LogP contribution < -0.4 is 10.6 Å². The molecule has 0 spiro atoms. The van der Waals surface area contributed by atoms with Crippen molar-refractivity contribution in [2.24, 2.45) is 0 Å². The number of carbonyl (C=O) groups excluding carboxylic acids is 2. The van der Waals surface area contributed by atoms with Gasteiger partial charge >= 0.3 is 0 Å². The maximum atomic E-state index is 13.3. The van der Waals surface area contributed by atoms with Crippen LogP contribution in [0.25, 0.3) is 5.65 Å². The van der Waals surface area contributed by atoms with Crippen LogP contribution >= 0.6 is 0 Å². The summed E-state index contributed by atoms with van der Waals surface area (Å²) < 4.78 is 27.8. The number of aromatic nitrogens is 4. The van der Waals surface area contributed by atoms with Crippen LogP contribution in [0.1, 0.15) is 31.5 Å². The molecule has 1 aromatic carbocycles. The van der Waals surface area contributed by atoms with Crippen molar-refractivity contribution in [3.05, 3.63) is 47.8 Å². The first kappa shape index (κ1) is 21.6. The number of anilines is 2. The maximum absolute atomic E-state index is 13.3. The maximum Gasteiger partial charge on any atom is 0.224 e. The van der Waals surface area contributed by atoms with Gasteiger partial charge in [0.2, 0.25) is 11.8 Å². The predicted molar refractivity (Wildman–Crippen MR) is 113 cm³/mol. The highest BCUT2D eigenvalue weighted by Gasteiger charge is 2.19. The first-order chi connectivity index (χ1) is 15.5. The van der Waals surface area contributed by atoms with Gasteiger partial charge in [0.1, 0.15) is 5.82 Å². The van der Waals surface area contributed by atoms with Crippen molar-refractivity contribution in [2.75, 3.05) is 30.3 Å². The zero-order valence-electron chi connectivity index (χ0n) is 17.4. The molecule has 2 amide bonds. The Balaban J connectivity index is 1.30. The molecule has 0 aliphatic carbocycles. The molecule has 1 fully saturated rings. The van der Waals surface area contributed by atoms with Crippen molar-refractivity contribution in [2.45, 2.75) is 32.1 Å². The molecule has 11 heteroatoms. The van der Waals surface area contributed by atoms with E-state index in [-0.39, 0.29) is 30.3 Å². The van der Waals surface area contributed by atoms with Crippen LogP contribution in [0.3, 0.4) is 0 Å². The average Bonchev–Trinajstić information content (AvgIpc) is 3.38. The molecule has 0 bridgehead atoms. The van der Waals surface area contributed by atoms with E-state index in [0.717, 1.165) is 38.1 Å². The van der Waals surface area contributed by atoms with Gasteiger partial charge in [-0.05, 0) is 37.1 Å². The number of aryl methyl sites for hydroxylation is 1. The van der Waals surface area contributed by atoms with Gasteiger partial charge in [-0.2, -0.15) is 4.52 Å². The third-order valence-electron chi connectivity index (χ3n) is 5.19. The average molecular weight is 443 g/mol. The fourth-order valence-electron chi connectivity index (χ4n) is 3.53. The standard InChI is InChI=1S/C21H23F2N7O2/c22-15-5-4-14(13-16(15)23)25-20(31)9-8-19-27-26-18-7-6-17(28-30(18)19)24-10-2-12-29-11-1-3-21(29)32/h4-7,13H,1-3,8-12H2,(H,24,28)(H,25,31). The number of nitrogens with one attached hydrogen (secondary N) is 2. The van der Waals surface area contributed by atoms with Gasteiger partial charge in [-0.25, -0.2) is 8.78 Å². The van der Waals surface area contributed by atoms with E-state index in [1.54, 1.807) is 16.6 Å². The van der Waals surface area contributed by atoms with Gasteiger partial charge in [0.05, 0.1) is 0 Å². The summed E-state index contributed by atoms with van der Waals surface area (Å²) in [5.74, 6) is -1.00. The van der Waals surface area contributed by atoms with E-state index in [9.17, 15) is 18.4 Å². The predicted octanol–water partition coefficient (Wildman–Crippen LogP) is 2.40. The van der Waals surface area contributed by atoms with Gasteiger partial charge in [0.15, 0.2) is 23.1 Å². The third kappa shape index (κ3) is 5.16. The topological polar surface area (TPSA) is 105 Å². The SMILES string of the molecule is O=C(CCc1nnc2ccc(NCCCN3CCCC3=O)nn12)Nc1ccc(F)c(F)c1. The Morgan fingerprint density at radius 2 is 2.00 bits per heavy atom. The molecule has 9 nitrogen and oxygen atoms in total. The van der Waals surface area contributed by atoms with Crippen LogP contribution in [0.4, 0.5) is 20.3 Å². The Labute approximate surface area is 182 Å². The molecule has 2 N–H and O–H groups in total. The van der Waals surface area contributed by atoms with Gasteiger partial charge in [0.25, 0.3) is 0 Å². The number of carbonyl (C=O) groups is 2. The molecule has 2 aromatic heterocycles. The van der Waals surface area contributed by atoms with Gasteiger partial charge in [-0.15, -0.1) is 15.3 Å². The molecule has 1 aliphatic heterocycles. The Hall–Kier alpha value is -3.63. The smallest absolute Gasteiger partial charge is 0.224 e. The normalized spacial score (nSPS) is 13.7. The number of hydrogen-bond acceptors (Lipinski definition) is 6. The van der Waals surface area contributed by atoms with Gasteiger partial charge in [-0.3, -0.25) is 9.59 Å². The number of fused-ring (bicyclic) bond motifs is 1. The van der Waals surface area contributed by atoms with Crippen molar-refractivity contribution in [3.8, 4) is 0 Å². The molecule has 0 atom stereocenters. The highest BCUT2D eigenvalue weighted by molar-refractivity contribution is 5.90. The lowest BCUT2D eigenvalue weighted by molar-refractivity contribution is -0.127. The highest BCUT2D eigenvalue weighted by atomic mass is 19.2. The summed E-state index contributed by atoms with van der Waals surface area (Å²) in [7, 11) is 0. The third-order valence-corrected chi connectivity index (χ3v) is 5.19. The minimum Gasteiger partial charge on any atom is -0.369 e. The molecule has 32 heavy (non-hydrogen) atoms. The van der Waals surface area contributed by atoms with E-state index in [1.165, 1.54) is 6.07 Å². The first-order valence-corrected chi connectivity index (χ1v) is 10.5. The number of rotatable bonds is 9. The van der Waals surface area contributed by atoms with Crippen LogP contribution in [0.15, 0.2) is 30.3 Å². The quantitative estimate of drug-likeness (QED) is 0.492. The highest BCUT2D eigenvalue weighted by Crippen LogP contribution is 2.14. The first-order valence-electron chi connectivity index (χ1n) is 10.5. The largest absolute Gasteiger partial charge is 0.369 e. The van der Waals surface area contributed by atoms with Crippen LogP contribution in [0.2, 0.25) is 0 Å². The molecule has 0 radical (unpaired) electrons. The minimum absolute atomic E-state index is 0.0724. The molecule has 1 saturated heterocycles. The minimum atomic E-state index is -1.03. The summed E-state index contributed by atoms with van der Waals surface area (Å²) >= 11 is 0. The number of amides is 2. The Morgan fingerprint density at radius 3 is 2.78 bits per heavy atom. The van der Waals surface area contributed by atoms with E-state index in [2.05, 4.69) is 25.9 Å². The fourth-order valence-corrected chi connectivity index (χ4v) is 3.53. The van der Waals surface area contributed by atoms with Crippen LogP contribution in [-0.4, -0.2) is 56.2 Å². The summed E-state index contributed by atoms with van der Waals surface area (Å²) in [6.07, 6.45) is 2.72. The van der Waals surface area contributed by atoms with Crippen molar-refractivity contribution in [1.29, 1.82) is 0 Å². The van der Waals surface area contributed by atoms with Crippen LogP contribution in [-0.2, 0) is 16.0 Å². The second-order valence-electron chi connectivity index (χ2n) is 7.55. The van der Waals surface area contributed by atoms with Crippen molar-refractivity contribution >= 4 is 29.0 Å². The second-order valence-corrected chi connectivity index (χ2v) is 7.55. The Bertz CT molecular complexity index is 1130. The molecule has 0 unspecified atom stereocenters. The zero-order valence-corrected chi connectivity index (χ0v) is 17.4. The monoisotopic (exact) mass is 443 g/mol. The summed E-state index contributed by atoms with van der Waals surface area (Å²) in [4.78, 5) is 25.7. The van der Waals surface area contributed by atoms with Gasteiger partial charge < -0.3 is 15.5 Å². The number of likely N-dealkylation sites (tertiary alicyclic amines) is 1. The van der Waals surface area contributed by atoms with E-state index in [1.807, 2.05) is 4.90 Å². The lowest BCUT2D eigenvalue weighted by atomic mass is 10.2. The van der Waals surface area contributed by atoms with Crippen LogP contribution in [0.5, 0.6) is 0 Å². The number of nitrogens with zero attached hydrogens (tertiary/aromatic N) is 5. The zero-order chi connectivity index (χ0) is 22.5. The van der Waals surface area contributed by atoms with E-state index in [4.69, 9.17) is 0 Å². The van der Waals surface area contributed by atoms with Crippen molar-refractivity contribution < 1.29 is 18.4 Å². The van der Waals surface area contributed by atoms with E-state index in [0.29, 0.717) is 30.3 Å². The van der Waals surface area contributed by atoms with Crippen LogP contribution in [0, 0.1) is 11.6 Å².